The van der Waals surface area contributed by atoms with Gasteiger partial charge in [0.05, 0.1) is 0 Å². The minimum Gasteiger partial charge on any atom is -0.385 e. The summed E-state index contributed by atoms with van der Waals surface area (Å²) < 4.78 is 1.90. The molecule has 1 atom stereocenters. The molecule has 6 heteroatoms. The van der Waals surface area contributed by atoms with E-state index in [1.165, 1.54) is 0 Å². The Morgan fingerprint density at radius 3 is 2.50 bits per heavy atom. The zero-order chi connectivity index (χ0) is 17.3. The van der Waals surface area contributed by atoms with Crippen LogP contribution in [-0.2, 0) is 7.05 Å². The van der Waals surface area contributed by atoms with Crippen molar-refractivity contribution in [1.29, 1.82) is 0 Å². The van der Waals surface area contributed by atoms with Gasteiger partial charge in [-0.15, -0.1) is 0 Å². The van der Waals surface area contributed by atoms with Crippen LogP contribution >= 0.6 is 0 Å². The highest BCUT2D eigenvalue weighted by atomic mass is 16.3. The quantitative estimate of drug-likeness (QED) is 0.934. The van der Waals surface area contributed by atoms with Gasteiger partial charge in [-0.25, -0.2) is 15.0 Å². The maximum absolute atomic E-state index is 10.6. The van der Waals surface area contributed by atoms with Crippen LogP contribution in [0.4, 0.5) is 5.82 Å². The number of nitrogens with zero attached hydrogens (tertiary/aromatic N) is 5. The number of anilines is 1. The van der Waals surface area contributed by atoms with E-state index in [1.54, 1.807) is 6.20 Å². The number of imidazole rings is 1. The largest absolute Gasteiger partial charge is 0.385 e. The number of aliphatic hydroxyl groups excluding tert-OH is 1. The molecule has 2 aromatic rings. The minimum absolute atomic E-state index is 0.245. The van der Waals surface area contributed by atoms with E-state index in [-0.39, 0.29) is 5.92 Å². The number of hydrogen-bond acceptors (Lipinski definition) is 5. The first-order valence-corrected chi connectivity index (χ1v) is 8.71. The third-order valence-electron chi connectivity index (χ3n) is 4.81. The Hall–Kier alpha value is -1.95. The van der Waals surface area contributed by atoms with Crippen LogP contribution in [0.1, 0.15) is 56.1 Å². The van der Waals surface area contributed by atoms with Gasteiger partial charge in [0.2, 0.25) is 0 Å². The molecule has 3 heterocycles. The SMILES string of the molecule is Cc1cc(N2CCC(C(O)c3nccn3C)CC2)nc(C(C)C)n1. The maximum Gasteiger partial charge on any atom is 0.137 e. The first kappa shape index (κ1) is 16.9. The van der Waals surface area contributed by atoms with E-state index in [4.69, 9.17) is 4.98 Å². The average Bonchev–Trinajstić information content (AvgIpc) is 2.99. The second kappa shape index (κ2) is 6.89. The maximum atomic E-state index is 10.6. The van der Waals surface area contributed by atoms with Gasteiger partial charge in [0.1, 0.15) is 23.6 Å². The standard InChI is InChI=1S/C18H27N5O/c1-12(2)17-20-13(3)11-15(21-17)23-8-5-14(6-9-23)16(24)18-19-7-10-22(18)4/h7,10-12,14,16,24H,5-6,8-9H2,1-4H3. The molecule has 3 rings (SSSR count). The molecule has 0 amide bonds. The molecule has 1 fully saturated rings. The van der Waals surface area contributed by atoms with Crippen molar-refractivity contribution in [1.82, 2.24) is 19.5 Å². The summed E-state index contributed by atoms with van der Waals surface area (Å²) in [6.45, 7) is 8.07. The van der Waals surface area contributed by atoms with E-state index >= 15 is 0 Å². The van der Waals surface area contributed by atoms with Crippen molar-refractivity contribution in [2.24, 2.45) is 13.0 Å². The fourth-order valence-electron chi connectivity index (χ4n) is 3.31. The number of piperidine rings is 1. The van der Waals surface area contributed by atoms with Crippen LogP contribution in [0.25, 0.3) is 0 Å². The Kier molecular flexibility index (Phi) is 4.85. The molecular formula is C18H27N5O. The van der Waals surface area contributed by atoms with Crippen molar-refractivity contribution in [3.05, 3.63) is 35.8 Å². The van der Waals surface area contributed by atoms with Gasteiger partial charge >= 0.3 is 0 Å². The van der Waals surface area contributed by atoms with Crippen LogP contribution in [0.15, 0.2) is 18.5 Å². The third-order valence-corrected chi connectivity index (χ3v) is 4.81. The summed E-state index contributed by atoms with van der Waals surface area (Å²) in [5.41, 5.74) is 1.01. The molecule has 0 bridgehead atoms. The fraction of sp³-hybridized carbons (Fsp3) is 0.611. The van der Waals surface area contributed by atoms with Gasteiger partial charge in [-0.05, 0) is 25.7 Å². The van der Waals surface area contributed by atoms with Gasteiger partial charge in [0.25, 0.3) is 0 Å². The number of rotatable bonds is 4. The Morgan fingerprint density at radius 1 is 1.21 bits per heavy atom. The Morgan fingerprint density at radius 2 is 1.92 bits per heavy atom. The molecule has 1 aliphatic heterocycles. The lowest BCUT2D eigenvalue weighted by Gasteiger charge is -2.35. The summed E-state index contributed by atoms with van der Waals surface area (Å²) in [6.07, 6.45) is 5.00. The molecule has 0 saturated carbocycles. The first-order valence-electron chi connectivity index (χ1n) is 8.71. The van der Waals surface area contributed by atoms with Gasteiger partial charge in [0, 0.05) is 50.2 Å². The zero-order valence-electron chi connectivity index (χ0n) is 15.0. The molecule has 0 radical (unpaired) electrons. The van der Waals surface area contributed by atoms with E-state index in [0.29, 0.717) is 5.92 Å². The molecule has 1 unspecified atom stereocenters. The lowest BCUT2D eigenvalue weighted by molar-refractivity contribution is 0.0824. The van der Waals surface area contributed by atoms with Crippen molar-refractivity contribution in [2.75, 3.05) is 18.0 Å². The Bertz CT molecular complexity index is 688. The molecule has 0 aromatic carbocycles. The predicted octanol–water partition coefficient (Wildman–Crippen LogP) is 2.59. The van der Waals surface area contributed by atoms with Crippen molar-refractivity contribution in [3.63, 3.8) is 0 Å². The van der Waals surface area contributed by atoms with E-state index in [0.717, 1.165) is 49.1 Å². The molecule has 0 aliphatic carbocycles. The summed E-state index contributed by atoms with van der Waals surface area (Å²) in [7, 11) is 1.93. The van der Waals surface area contributed by atoms with E-state index < -0.39 is 6.10 Å². The van der Waals surface area contributed by atoms with E-state index in [2.05, 4.69) is 34.8 Å². The van der Waals surface area contributed by atoms with Gasteiger partial charge in [0.15, 0.2) is 0 Å². The summed E-state index contributed by atoms with van der Waals surface area (Å²) in [5, 5.41) is 10.6. The van der Waals surface area contributed by atoms with Gasteiger partial charge in [-0.2, -0.15) is 0 Å². The molecule has 1 N–H and O–H groups in total. The Balaban J connectivity index is 1.68. The third kappa shape index (κ3) is 3.43. The molecule has 6 nitrogen and oxygen atoms in total. The number of aliphatic hydroxyl groups is 1. The predicted molar refractivity (Wildman–Crippen MR) is 94.0 cm³/mol. The second-order valence-corrected chi connectivity index (χ2v) is 7.05. The lowest BCUT2D eigenvalue weighted by atomic mass is 9.90. The Labute approximate surface area is 143 Å². The summed E-state index contributed by atoms with van der Waals surface area (Å²) in [6, 6.07) is 2.06. The number of aryl methyl sites for hydroxylation is 2. The number of aromatic nitrogens is 4. The molecule has 0 spiro atoms. The highest BCUT2D eigenvalue weighted by Gasteiger charge is 2.29. The van der Waals surface area contributed by atoms with Crippen LogP contribution in [-0.4, -0.2) is 37.7 Å². The van der Waals surface area contributed by atoms with Crippen molar-refractivity contribution >= 4 is 5.82 Å². The van der Waals surface area contributed by atoms with Crippen LogP contribution in [0.5, 0.6) is 0 Å². The van der Waals surface area contributed by atoms with Gasteiger partial charge in [-0.3, -0.25) is 0 Å². The molecule has 2 aromatic heterocycles. The first-order chi connectivity index (χ1) is 11.5. The molecule has 130 valence electrons. The molecule has 1 saturated heterocycles. The fourth-order valence-corrected chi connectivity index (χ4v) is 3.31. The topological polar surface area (TPSA) is 67.1 Å². The van der Waals surface area contributed by atoms with Gasteiger partial charge < -0.3 is 14.6 Å². The van der Waals surface area contributed by atoms with Crippen LogP contribution < -0.4 is 4.90 Å². The van der Waals surface area contributed by atoms with Crippen LogP contribution in [0.2, 0.25) is 0 Å². The van der Waals surface area contributed by atoms with Crippen molar-refractivity contribution in [2.45, 2.75) is 45.6 Å². The highest BCUT2D eigenvalue weighted by Crippen LogP contribution is 2.31. The second-order valence-electron chi connectivity index (χ2n) is 7.05. The molecular weight excluding hydrogens is 302 g/mol. The lowest BCUT2D eigenvalue weighted by Crippen LogP contribution is -2.36. The minimum atomic E-state index is -0.495. The van der Waals surface area contributed by atoms with Crippen molar-refractivity contribution in [3.8, 4) is 0 Å². The average molecular weight is 329 g/mol. The van der Waals surface area contributed by atoms with E-state index in [1.807, 2.05) is 24.7 Å². The highest BCUT2D eigenvalue weighted by molar-refractivity contribution is 5.40. The van der Waals surface area contributed by atoms with Gasteiger partial charge in [-0.1, -0.05) is 13.8 Å². The van der Waals surface area contributed by atoms with Crippen molar-refractivity contribution < 1.29 is 5.11 Å². The van der Waals surface area contributed by atoms with Crippen LogP contribution in [0, 0.1) is 12.8 Å². The number of hydrogen-bond donors (Lipinski definition) is 1. The zero-order valence-corrected chi connectivity index (χ0v) is 15.0. The smallest absolute Gasteiger partial charge is 0.137 e. The molecule has 1 aliphatic rings. The summed E-state index contributed by atoms with van der Waals surface area (Å²) in [4.78, 5) is 15.8. The van der Waals surface area contributed by atoms with Crippen LogP contribution in [0.3, 0.4) is 0 Å². The van der Waals surface area contributed by atoms with E-state index in [9.17, 15) is 5.11 Å². The monoisotopic (exact) mass is 329 g/mol. The normalized spacial score (nSPS) is 17.5. The summed E-state index contributed by atoms with van der Waals surface area (Å²) >= 11 is 0. The molecule has 24 heavy (non-hydrogen) atoms. The summed E-state index contributed by atoms with van der Waals surface area (Å²) in [5.74, 6) is 3.24.